The van der Waals surface area contributed by atoms with Crippen LogP contribution in [0.5, 0.6) is 0 Å². The summed E-state index contributed by atoms with van der Waals surface area (Å²) in [6.45, 7) is 29.3. The number of hydrogen-bond donors (Lipinski definition) is 0. The van der Waals surface area contributed by atoms with E-state index in [4.69, 9.17) is 0 Å². The highest BCUT2D eigenvalue weighted by molar-refractivity contribution is 5.24. The van der Waals surface area contributed by atoms with E-state index in [1.54, 1.807) is 11.1 Å². The Morgan fingerprint density at radius 2 is 1.23 bits per heavy atom. The summed E-state index contributed by atoms with van der Waals surface area (Å²) in [4.78, 5) is 0. The van der Waals surface area contributed by atoms with Crippen molar-refractivity contribution in [1.29, 1.82) is 0 Å². The van der Waals surface area contributed by atoms with Gasteiger partial charge in [0.2, 0.25) is 0 Å². The summed E-state index contributed by atoms with van der Waals surface area (Å²) in [5, 5.41) is 0. The molecular formula is C31H56. The van der Waals surface area contributed by atoms with Gasteiger partial charge in [0.15, 0.2) is 0 Å². The fourth-order valence-corrected chi connectivity index (χ4v) is 6.37. The highest BCUT2D eigenvalue weighted by Crippen LogP contribution is 2.54. The van der Waals surface area contributed by atoms with Crippen molar-refractivity contribution in [2.75, 3.05) is 0 Å². The maximum atomic E-state index is 3.85. The first kappa shape index (κ1) is 28.3. The molecule has 0 aromatic heterocycles. The summed E-state index contributed by atoms with van der Waals surface area (Å²) >= 11 is 0. The van der Waals surface area contributed by atoms with E-state index in [2.05, 4.69) is 101 Å². The van der Waals surface area contributed by atoms with E-state index in [1.165, 1.54) is 44.9 Å². The molecule has 0 radical (unpaired) electrons. The van der Waals surface area contributed by atoms with Gasteiger partial charge in [-0.2, -0.15) is 0 Å². The third kappa shape index (κ3) is 5.97. The molecule has 180 valence electrons. The van der Waals surface area contributed by atoms with E-state index in [0.29, 0.717) is 16.2 Å². The smallest absolute Gasteiger partial charge is 0.0113 e. The van der Waals surface area contributed by atoms with Gasteiger partial charge >= 0.3 is 0 Å². The van der Waals surface area contributed by atoms with E-state index >= 15 is 0 Å². The maximum Gasteiger partial charge on any atom is -0.0113 e. The summed E-state index contributed by atoms with van der Waals surface area (Å²) in [6, 6.07) is 0. The topological polar surface area (TPSA) is 0 Å². The quantitative estimate of drug-likeness (QED) is 0.382. The first-order valence-corrected chi connectivity index (χ1v) is 13.4. The molecule has 0 nitrogen and oxygen atoms in total. The molecule has 4 unspecified atom stereocenters. The molecular weight excluding hydrogens is 372 g/mol. The van der Waals surface area contributed by atoms with Gasteiger partial charge in [-0.1, -0.05) is 118 Å². The summed E-state index contributed by atoms with van der Waals surface area (Å²) in [6.07, 6.45) is 16.1. The molecule has 0 bridgehead atoms. The summed E-state index contributed by atoms with van der Waals surface area (Å²) < 4.78 is 0. The van der Waals surface area contributed by atoms with E-state index in [1.807, 2.05) is 0 Å². The molecule has 3 fully saturated rings. The first-order chi connectivity index (χ1) is 14.4. The molecule has 0 heterocycles. The Balaban J connectivity index is 0.000000233. The van der Waals surface area contributed by atoms with Crippen molar-refractivity contribution in [3.05, 3.63) is 36.0 Å². The first-order valence-electron chi connectivity index (χ1n) is 13.4. The zero-order chi connectivity index (χ0) is 24.0. The standard InChI is InChI=1S/C11H20.2C10H18/c1-5-7-10-8-9(6-2)11(10,3)4;2*1-5-8-7-9(6-2)10(8,3)4/h7,9H,5-6,8H2,1-4H3;5,9H,6-7H2,1-4H3;5,8-9H,1,6-7H2,2-4H3/b10-7+;;. The second-order valence-electron chi connectivity index (χ2n) is 12.0. The highest BCUT2D eigenvalue weighted by atomic mass is 14.5. The lowest BCUT2D eigenvalue weighted by Gasteiger charge is -2.51. The molecule has 0 spiro atoms. The second-order valence-corrected chi connectivity index (χ2v) is 12.0. The number of rotatable bonds is 5. The van der Waals surface area contributed by atoms with Crippen molar-refractivity contribution < 1.29 is 0 Å². The third-order valence-electron chi connectivity index (χ3n) is 9.74. The molecule has 0 N–H and O–H groups in total. The molecule has 3 rings (SSSR count). The molecule has 3 aliphatic carbocycles. The predicted molar refractivity (Wildman–Crippen MR) is 142 cm³/mol. The molecule has 0 aromatic carbocycles. The van der Waals surface area contributed by atoms with E-state index in [9.17, 15) is 0 Å². The minimum atomic E-state index is 0.517. The molecule has 0 aliphatic heterocycles. The normalized spacial score (nSPS) is 34.2. The van der Waals surface area contributed by atoms with Gasteiger partial charge in [0.25, 0.3) is 0 Å². The minimum Gasteiger partial charge on any atom is -0.103 e. The Morgan fingerprint density at radius 1 is 0.774 bits per heavy atom. The van der Waals surface area contributed by atoms with Crippen molar-refractivity contribution in [3.63, 3.8) is 0 Å². The van der Waals surface area contributed by atoms with Crippen LogP contribution < -0.4 is 0 Å². The zero-order valence-electron chi connectivity index (χ0n) is 23.2. The molecule has 3 aliphatic rings. The lowest BCUT2D eigenvalue weighted by Crippen LogP contribution is -2.43. The molecule has 4 atom stereocenters. The average Bonchev–Trinajstić information content (AvgIpc) is 2.71. The van der Waals surface area contributed by atoms with Crippen LogP contribution in [-0.2, 0) is 0 Å². The van der Waals surface area contributed by atoms with Crippen molar-refractivity contribution in [2.24, 2.45) is 39.9 Å². The van der Waals surface area contributed by atoms with Crippen molar-refractivity contribution in [2.45, 2.75) is 121 Å². The largest absolute Gasteiger partial charge is 0.103 e. The Hall–Kier alpha value is -0.780. The minimum absolute atomic E-state index is 0.517. The summed E-state index contributed by atoms with van der Waals surface area (Å²) in [5.74, 6) is 3.60. The van der Waals surface area contributed by atoms with Gasteiger partial charge in [-0.25, -0.2) is 0 Å². The number of hydrogen-bond acceptors (Lipinski definition) is 0. The van der Waals surface area contributed by atoms with Crippen LogP contribution in [0.25, 0.3) is 0 Å². The van der Waals surface area contributed by atoms with Crippen molar-refractivity contribution in [3.8, 4) is 0 Å². The predicted octanol–water partition coefficient (Wildman–Crippen LogP) is 10.4. The Labute approximate surface area is 197 Å². The van der Waals surface area contributed by atoms with Gasteiger partial charge < -0.3 is 0 Å². The van der Waals surface area contributed by atoms with Gasteiger partial charge in [-0.15, -0.1) is 6.58 Å². The second kappa shape index (κ2) is 11.4. The van der Waals surface area contributed by atoms with E-state index in [-0.39, 0.29) is 0 Å². The molecule has 31 heavy (non-hydrogen) atoms. The monoisotopic (exact) mass is 428 g/mol. The van der Waals surface area contributed by atoms with Crippen LogP contribution in [0.1, 0.15) is 121 Å². The fourth-order valence-electron chi connectivity index (χ4n) is 6.37. The third-order valence-corrected chi connectivity index (χ3v) is 9.74. The van der Waals surface area contributed by atoms with Crippen LogP contribution in [0.2, 0.25) is 0 Å². The van der Waals surface area contributed by atoms with Gasteiger partial charge in [0.05, 0.1) is 0 Å². The molecule has 0 heteroatoms. The lowest BCUT2D eigenvalue weighted by atomic mass is 9.54. The van der Waals surface area contributed by atoms with Crippen LogP contribution in [0.4, 0.5) is 0 Å². The number of allylic oxidation sites excluding steroid dienone is 5. The van der Waals surface area contributed by atoms with Crippen LogP contribution in [0.15, 0.2) is 36.0 Å². The van der Waals surface area contributed by atoms with Crippen LogP contribution >= 0.6 is 0 Å². The van der Waals surface area contributed by atoms with Gasteiger partial charge in [0.1, 0.15) is 0 Å². The van der Waals surface area contributed by atoms with Gasteiger partial charge in [-0.05, 0) is 72.5 Å². The molecule has 3 saturated carbocycles. The zero-order valence-corrected chi connectivity index (χ0v) is 23.2. The molecule has 0 saturated heterocycles. The fraction of sp³-hybridized carbons (Fsp3) is 0.806. The molecule has 0 aromatic rings. The summed E-state index contributed by atoms with van der Waals surface area (Å²) in [5.41, 5.74) is 4.91. The summed E-state index contributed by atoms with van der Waals surface area (Å²) in [7, 11) is 0. The SMILES string of the molecule is C=CC1CC(CC)C1(C)C.CC/C=C1\CC(CC)C1(C)C.CC=C1CC(CC)C1(C)C. The van der Waals surface area contributed by atoms with Gasteiger partial charge in [0, 0.05) is 0 Å². The maximum absolute atomic E-state index is 3.85. The van der Waals surface area contributed by atoms with Crippen molar-refractivity contribution >= 4 is 0 Å². The lowest BCUT2D eigenvalue weighted by molar-refractivity contribution is 0.00949. The van der Waals surface area contributed by atoms with Gasteiger partial charge in [-0.3, -0.25) is 0 Å². The van der Waals surface area contributed by atoms with E-state index in [0.717, 1.165) is 23.7 Å². The Morgan fingerprint density at radius 3 is 1.52 bits per heavy atom. The van der Waals surface area contributed by atoms with Crippen molar-refractivity contribution in [1.82, 2.24) is 0 Å². The Bertz CT molecular complexity index is 624. The Kier molecular flexibility index (Phi) is 10.4. The molecule has 0 amide bonds. The average molecular weight is 429 g/mol. The van der Waals surface area contributed by atoms with Crippen LogP contribution in [0, 0.1) is 39.9 Å². The van der Waals surface area contributed by atoms with E-state index < -0.39 is 0 Å². The highest BCUT2D eigenvalue weighted by Gasteiger charge is 2.45. The van der Waals surface area contributed by atoms with Crippen LogP contribution in [0.3, 0.4) is 0 Å². The van der Waals surface area contributed by atoms with Crippen LogP contribution in [-0.4, -0.2) is 0 Å².